The first-order valence-corrected chi connectivity index (χ1v) is 8.63. The van der Waals surface area contributed by atoms with Crippen molar-refractivity contribution in [1.82, 2.24) is 9.78 Å². The van der Waals surface area contributed by atoms with Gasteiger partial charge in [-0.2, -0.15) is 5.10 Å². The van der Waals surface area contributed by atoms with Crippen LogP contribution in [0.15, 0.2) is 60.7 Å². The average Bonchev–Trinajstić information content (AvgIpc) is 3.06. The highest BCUT2D eigenvalue weighted by Gasteiger charge is 2.17. The Morgan fingerprint density at radius 3 is 2.28 bits per heavy atom. The first kappa shape index (κ1) is 17.4. The van der Waals surface area contributed by atoms with Crippen LogP contribution in [-0.4, -0.2) is 26.1 Å². The molecule has 2 N–H and O–H groups in total. The molecular weight excluding hydrogens is 312 g/mol. The van der Waals surface area contributed by atoms with Gasteiger partial charge in [-0.05, 0) is 44.9 Å². The van der Waals surface area contributed by atoms with Gasteiger partial charge >= 0.3 is 0 Å². The van der Waals surface area contributed by atoms with E-state index >= 15 is 0 Å². The van der Waals surface area contributed by atoms with E-state index in [1.54, 1.807) is 6.92 Å². The summed E-state index contributed by atoms with van der Waals surface area (Å²) >= 11 is 0. The summed E-state index contributed by atoms with van der Waals surface area (Å²) < 4.78 is 1.87. The molecule has 0 aliphatic rings. The van der Waals surface area contributed by atoms with E-state index in [1.165, 1.54) is 5.56 Å². The Labute approximate surface area is 148 Å². The topological polar surface area (TPSA) is 58.3 Å². The third-order valence-corrected chi connectivity index (χ3v) is 4.28. The molecule has 0 aliphatic heterocycles. The Balaban J connectivity index is 2.01. The van der Waals surface area contributed by atoms with Crippen molar-refractivity contribution in [2.24, 2.45) is 0 Å². The molecule has 130 valence electrons. The fourth-order valence-electron chi connectivity index (χ4n) is 2.81. The maximum atomic E-state index is 10.5. The minimum absolute atomic E-state index is 0.428. The molecule has 4 heteroatoms. The molecule has 2 unspecified atom stereocenters. The normalized spacial score (nSPS) is 13.6. The van der Waals surface area contributed by atoms with Gasteiger partial charge in [-0.3, -0.25) is 0 Å². The summed E-state index contributed by atoms with van der Waals surface area (Å²) in [4.78, 5) is 0. The van der Waals surface area contributed by atoms with Gasteiger partial charge in [0.05, 0.1) is 29.3 Å². The number of rotatable bonds is 6. The van der Waals surface area contributed by atoms with Crippen LogP contribution in [0.3, 0.4) is 0 Å². The van der Waals surface area contributed by atoms with Gasteiger partial charge in [0.15, 0.2) is 0 Å². The lowest BCUT2D eigenvalue weighted by molar-refractivity contribution is 0.120. The molecule has 0 aliphatic carbocycles. The fourth-order valence-corrected chi connectivity index (χ4v) is 2.81. The van der Waals surface area contributed by atoms with Gasteiger partial charge in [-0.1, -0.05) is 48.0 Å². The van der Waals surface area contributed by atoms with Gasteiger partial charge in [0, 0.05) is 5.56 Å². The van der Waals surface area contributed by atoms with Crippen LogP contribution in [0.5, 0.6) is 0 Å². The third-order valence-electron chi connectivity index (χ3n) is 4.28. The molecule has 1 aromatic heterocycles. The van der Waals surface area contributed by atoms with Gasteiger partial charge in [-0.15, -0.1) is 0 Å². The molecule has 0 fully saturated rings. The SMILES string of the molecule is Cc1ccc(-n2nc(C(O)CCC(C)O)cc2-c2ccccc2)cc1. The molecule has 0 amide bonds. The third kappa shape index (κ3) is 4.16. The zero-order chi connectivity index (χ0) is 17.8. The fraction of sp³-hybridized carbons (Fsp3) is 0.286. The molecule has 4 nitrogen and oxygen atoms in total. The van der Waals surface area contributed by atoms with Crippen LogP contribution in [0.25, 0.3) is 16.9 Å². The summed E-state index contributed by atoms with van der Waals surface area (Å²) in [5.41, 5.74) is 4.76. The first-order valence-electron chi connectivity index (χ1n) is 8.63. The number of benzene rings is 2. The van der Waals surface area contributed by atoms with Gasteiger partial charge < -0.3 is 10.2 Å². The largest absolute Gasteiger partial charge is 0.393 e. The predicted octanol–water partition coefficient (Wildman–Crippen LogP) is 4.04. The Kier molecular flexibility index (Phi) is 5.31. The second-order valence-electron chi connectivity index (χ2n) is 6.51. The van der Waals surface area contributed by atoms with E-state index in [-0.39, 0.29) is 0 Å². The van der Waals surface area contributed by atoms with Gasteiger partial charge in [-0.25, -0.2) is 4.68 Å². The van der Waals surface area contributed by atoms with E-state index < -0.39 is 12.2 Å². The van der Waals surface area contributed by atoms with Crippen molar-refractivity contribution in [2.45, 2.75) is 38.9 Å². The molecule has 0 saturated carbocycles. The Morgan fingerprint density at radius 2 is 1.64 bits per heavy atom. The molecule has 0 bridgehead atoms. The average molecular weight is 336 g/mol. The van der Waals surface area contributed by atoms with E-state index in [4.69, 9.17) is 0 Å². The van der Waals surface area contributed by atoms with Crippen LogP contribution in [0, 0.1) is 6.92 Å². The van der Waals surface area contributed by atoms with Crippen LogP contribution in [-0.2, 0) is 0 Å². The Morgan fingerprint density at radius 1 is 0.960 bits per heavy atom. The van der Waals surface area contributed by atoms with Crippen molar-refractivity contribution in [3.05, 3.63) is 71.9 Å². The number of aromatic nitrogens is 2. The van der Waals surface area contributed by atoms with Gasteiger partial charge in [0.2, 0.25) is 0 Å². The highest BCUT2D eigenvalue weighted by atomic mass is 16.3. The van der Waals surface area contributed by atoms with E-state index in [2.05, 4.69) is 24.2 Å². The van der Waals surface area contributed by atoms with Crippen LogP contribution < -0.4 is 0 Å². The Hall–Kier alpha value is -2.43. The summed E-state index contributed by atoms with van der Waals surface area (Å²) in [5.74, 6) is 0. The molecule has 0 spiro atoms. The lowest BCUT2D eigenvalue weighted by Gasteiger charge is -2.09. The molecule has 0 radical (unpaired) electrons. The lowest BCUT2D eigenvalue weighted by atomic mass is 10.1. The van der Waals surface area contributed by atoms with Gasteiger partial charge in [0.25, 0.3) is 0 Å². The molecule has 0 saturated heterocycles. The van der Waals surface area contributed by atoms with Crippen LogP contribution in [0.1, 0.15) is 37.1 Å². The zero-order valence-electron chi connectivity index (χ0n) is 14.6. The number of hydrogen-bond donors (Lipinski definition) is 2. The second kappa shape index (κ2) is 7.64. The van der Waals surface area contributed by atoms with Crippen molar-refractivity contribution in [1.29, 1.82) is 0 Å². The second-order valence-corrected chi connectivity index (χ2v) is 6.51. The van der Waals surface area contributed by atoms with E-state index in [0.29, 0.717) is 18.5 Å². The van der Waals surface area contributed by atoms with E-state index in [1.807, 2.05) is 53.2 Å². The monoisotopic (exact) mass is 336 g/mol. The highest BCUT2D eigenvalue weighted by Crippen LogP contribution is 2.28. The molecule has 3 aromatic rings. The molecule has 2 atom stereocenters. The summed E-state index contributed by atoms with van der Waals surface area (Å²) in [7, 11) is 0. The molecule has 1 heterocycles. The number of nitrogens with zero attached hydrogens (tertiary/aromatic N) is 2. The minimum atomic E-state index is -0.691. The smallest absolute Gasteiger partial charge is 0.0979 e. The standard InChI is InChI=1S/C21H24N2O2/c1-15-8-11-18(12-9-15)23-20(17-6-4-3-5-7-17)14-19(22-23)21(25)13-10-16(2)24/h3-9,11-12,14,16,21,24-25H,10,13H2,1-2H3. The number of aliphatic hydroxyl groups excluding tert-OH is 2. The van der Waals surface area contributed by atoms with Crippen molar-refractivity contribution < 1.29 is 10.2 Å². The highest BCUT2D eigenvalue weighted by molar-refractivity contribution is 5.62. The summed E-state index contributed by atoms with van der Waals surface area (Å²) in [6.45, 7) is 3.78. The molecule has 3 rings (SSSR count). The summed E-state index contributed by atoms with van der Waals surface area (Å²) in [5, 5.41) is 24.6. The minimum Gasteiger partial charge on any atom is -0.393 e. The van der Waals surface area contributed by atoms with Crippen molar-refractivity contribution >= 4 is 0 Å². The summed E-state index contributed by atoms with van der Waals surface area (Å²) in [6, 6.07) is 20.1. The molecular formula is C21H24N2O2. The maximum absolute atomic E-state index is 10.5. The quantitative estimate of drug-likeness (QED) is 0.714. The van der Waals surface area contributed by atoms with Crippen LogP contribution in [0.4, 0.5) is 0 Å². The molecule has 2 aromatic carbocycles. The van der Waals surface area contributed by atoms with E-state index in [0.717, 1.165) is 16.9 Å². The Bertz CT molecular complexity index is 808. The van der Waals surface area contributed by atoms with E-state index in [9.17, 15) is 10.2 Å². The first-order chi connectivity index (χ1) is 12.0. The summed E-state index contributed by atoms with van der Waals surface area (Å²) in [6.07, 6.45) is -0.0954. The molecule has 25 heavy (non-hydrogen) atoms. The van der Waals surface area contributed by atoms with Crippen molar-refractivity contribution in [3.63, 3.8) is 0 Å². The zero-order valence-corrected chi connectivity index (χ0v) is 14.6. The number of aryl methyl sites for hydroxylation is 1. The maximum Gasteiger partial charge on any atom is 0.0979 e. The van der Waals surface area contributed by atoms with Crippen LogP contribution >= 0.6 is 0 Å². The number of aliphatic hydroxyl groups is 2. The van der Waals surface area contributed by atoms with Crippen molar-refractivity contribution in [3.8, 4) is 16.9 Å². The lowest BCUT2D eigenvalue weighted by Crippen LogP contribution is -2.06. The van der Waals surface area contributed by atoms with Crippen LogP contribution in [0.2, 0.25) is 0 Å². The predicted molar refractivity (Wildman–Crippen MR) is 99.6 cm³/mol. The van der Waals surface area contributed by atoms with Gasteiger partial charge in [0.1, 0.15) is 0 Å². The number of hydrogen-bond acceptors (Lipinski definition) is 3. The van der Waals surface area contributed by atoms with Crippen molar-refractivity contribution in [2.75, 3.05) is 0 Å².